The summed E-state index contributed by atoms with van der Waals surface area (Å²) in [5, 5.41) is 13.7. The Bertz CT molecular complexity index is 1200. The van der Waals surface area contributed by atoms with E-state index in [2.05, 4.69) is 15.6 Å². The van der Waals surface area contributed by atoms with Gasteiger partial charge in [-0.2, -0.15) is 18.2 Å². The Hall–Kier alpha value is -4.08. The molecule has 184 valence electrons. The van der Waals surface area contributed by atoms with Gasteiger partial charge < -0.3 is 20.1 Å². The van der Waals surface area contributed by atoms with E-state index >= 15 is 0 Å². The number of halogens is 3. The first kappa shape index (κ1) is 25.5. The SMILES string of the molecule is CNc1nc(OCC(=O)NC(C)c2ccccc2OC)cc(C(F)(F)F)c1C(=N)c1ccccc1. The van der Waals surface area contributed by atoms with Crippen molar-refractivity contribution in [3.63, 3.8) is 0 Å². The Morgan fingerprint density at radius 2 is 1.77 bits per heavy atom. The minimum absolute atomic E-state index is 0.188. The van der Waals surface area contributed by atoms with Crippen LogP contribution in [0.25, 0.3) is 0 Å². The maximum Gasteiger partial charge on any atom is 0.417 e. The van der Waals surface area contributed by atoms with E-state index in [0.717, 1.165) is 5.56 Å². The van der Waals surface area contributed by atoms with Gasteiger partial charge in [-0.1, -0.05) is 48.5 Å². The van der Waals surface area contributed by atoms with Gasteiger partial charge in [0.2, 0.25) is 5.88 Å². The van der Waals surface area contributed by atoms with Crippen LogP contribution in [0.2, 0.25) is 0 Å². The van der Waals surface area contributed by atoms with Crippen LogP contribution in [0.5, 0.6) is 11.6 Å². The zero-order valence-corrected chi connectivity index (χ0v) is 19.4. The quantitative estimate of drug-likeness (QED) is 0.377. The molecule has 1 amide bonds. The second-order valence-corrected chi connectivity index (χ2v) is 7.54. The first-order valence-electron chi connectivity index (χ1n) is 10.6. The van der Waals surface area contributed by atoms with Crippen LogP contribution in [0.1, 0.15) is 35.2 Å². The lowest BCUT2D eigenvalue weighted by Gasteiger charge is -2.19. The van der Waals surface area contributed by atoms with Crippen LogP contribution in [0, 0.1) is 5.41 Å². The van der Waals surface area contributed by atoms with E-state index in [4.69, 9.17) is 14.9 Å². The molecule has 2 aromatic carbocycles. The molecule has 35 heavy (non-hydrogen) atoms. The van der Waals surface area contributed by atoms with E-state index in [9.17, 15) is 18.0 Å². The summed E-state index contributed by atoms with van der Waals surface area (Å²) in [5.74, 6) is -0.545. The van der Waals surface area contributed by atoms with Crippen LogP contribution in [-0.2, 0) is 11.0 Å². The Balaban J connectivity index is 1.82. The van der Waals surface area contributed by atoms with Crippen LogP contribution in [0.3, 0.4) is 0 Å². The molecule has 1 aromatic heterocycles. The number of carbonyl (C=O) groups is 1. The number of anilines is 1. The van der Waals surface area contributed by atoms with Crippen LogP contribution in [0.15, 0.2) is 60.7 Å². The van der Waals surface area contributed by atoms with E-state index < -0.39 is 41.7 Å². The molecule has 0 spiro atoms. The summed E-state index contributed by atoms with van der Waals surface area (Å²) >= 11 is 0. The third-order valence-electron chi connectivity index (χ3n) is 5.18. The van der Waals surface area contributed by atoms with Gasteiger partial charge in [0.25, 0.3) is 5.91 Å². The largest absolute Gasteiger partial charge is 0.496 e. The first-order chi connectivity index (χ1) is 16.7. The molecule has 0 aliphatic rings. The average molecular weight is 486 g/mol. The number of ether oxygens (including phenoxy) is 2. The third kappa shape index (κ3) is 6.08. The van der Waals surface area contributed by atoms with Crippen molar-refractivity contribution in [1.82, 2.24) is 10.3 Å². The number of alkyl halides is 3. The van der Waals surface area contributed by atoms with Crippen molar-refractivity contribution >= 4 is 17.4 Å². The molecule has 1 heterocycles. The Labute approximate surface area is 200 Å². The maximum atomic E-state index is 14.0. The highest BCUT2D eigenvalue weighted by molar-refractivity contribution is 6.14. The summed E-state index contributed by atoms with van der Waals surface area (Å²) in [5.41, 5.74) is -0.808. The number of nitrogens with one attached hydrogen (secondary N) is 3. The standard InChI is InChI=1S/C25H25F3N4O3/c1-15(17-11-7-8-12-19(17)34-3)31-20(33)14-35-21-13-18(25(26,27)28)22(24(30-2)32-21)23(29)16-9-5-4-6-10-16/h4-13,15,29H,14H2,1-3H3,(H,30,32)(H,31,33). The molecule has 0 aliphatic carbocycles. The number of methoxy groups -OCH3 is 1. The predicted octanol–water partition coefficient (Wildman–Crippen LogP) is 4.82. The van der Waals surface area contributed by atoms with E-state index in [1.165, 1.54) is 14.2 Å². The van der Waals surface area contributed by atoms with Gasteiger partial charge in [0.1, 0.15) is 11.6 Å². The number of hydrogen-bond acceptors (Lipinski definition) is 6. The third-order valence-corrected chi connectivity index (χ3v) is 5.18. The fourth-order valence-electron chi connectivity index (χ4n) is 3.53. The van der Waals surface area contributed by atoms with Gasteiger partial charge in [0.05, 0.1) is 30.0 Å². The number of pyridine rings is 1. The number of aromatic nitrogens is 1. The molecule has 7 nitrogen and oxygen atoms in total. The first-order valence-corrected chi connectivity index (χ1v) is 10.6. The lowest BCUT2D eigenvalue weighted by Crippen LogP contribution is -2.31. The van der Waals surface area contributed by atoms with Gasteiger partial charge in [-0.05, 0) is 13.0 Å². The molecule has 0 saturated heterocycles. The number of nitrogens with zero attached hydrogens (tertiary/aromatic N) is 1. The molecule has 1 atom stereocenters. The zero-order chi connectivity index (χ0) is 25.6. The fraction of sp³-hybridized carbons (Fsp3) is 0.240. The van der Waals surface area contributed by atoms with Crippen molar-refractivity contribution < 1.29 is 27.4 Å². The van der Waals surface area contributed by atoms with Gasteiger partial charge in [-0.3, -0.25) is 10.2 Å². The molecule has 0 radical (unpaired) electrons. The molecule has 0 aliphatic heterocycles. The summed E-state index contributed by atoms with van der Waals surface area (Å²) < 4.78 is 52.5. The second-order valence-electron chi connectivity index (χ2n) is 7.54. The van der Waals surface area contributed by atoms with Gasteiger partial charge in [0.15, 0.2) is 6.61 Å². The lowest BCUT2D eigenvalue weighted by atomic mass is 9.98. The van der Waals surface area contributed by atoms with E-state index in [-0.39, 0.29) is 11.5 Å². The van der Waals surface area contributed by atoms with Crippen LogP contribution < -0.4 is 20.1 Å². The summed E-state index contributed by atoms with van der Waals surface area (Å²) in [6, 6.07) is 15.5. The summed E-state index contributed by atoms with van der Waals surface area (Å²) in [6.45, 7) is 1.20. The molecule has 3 N–H and O–H groups in total. The number of para-hydroxylation sites is 1. The molecule has 3 rings (SSSR count). The van der Waals surface area contributed by atoms with Crippen LogP contribution in [-0.4, -0.2) is 37.4 Å². The number of hydrogen-bond donors (Lipinski definition) is 3. The Morgan fingerprint density at radius 3 is 2.40 bits per heavy atom. The van der Waals surface area contributed by atoms with Gasteiger partial charge in [0, 0.05) is 24.2 Å². The number of benzene rings is 2. The minimum atomic E-state index is -4.79. The molecule has 0 bridgehead atoms. The van der Waals surface area contributed by atoms with Crippen molar-refractivity contribution in [2.75, 3.05) is 26.1 Å². The normalized spacial score (nSPS) is 11.9. The summed E-state index contributed by atoms with van der Waals surface area (Å²) in [6.07, 6.45) is -4.79. The van der Waals surface area contributed by atoms with Crippen LogP contribution in [0.4, 0.5) is 19.0 Å². The van der Waals surface area contributed by atoms with Gasteiger partial charge in [-0.15, -0.1) is 0 Å². The lowest BCUT2D eigenvalue weighted by molar-refractivity contribution is -0.137. The van der Waals surface area contributed by atoms with Gasteiger partial charge in [-0.25, -0.2) is 0 Å². The number of carbonyl (C=O) groups excluding carboxylic acids is 1. The topological polar surface area (TPSA) is 96.3 Å². The van der Waals surface area contributed by atoms with Crippen molar-refractivity contribution in [2.24, 2.45) is 0 Å². The summed E-state index contributed by atoms with van der Waals surface area (Å²) in [4.78, 5) is 16.5. The minimum Gasteiger partial charge on any atom is -0.496 e. The smallest absolute Gasteiger partial charge is 0.417 e. The molecule has 0 saturated carbocycles. The highest BCUT2D eigenvalue weighted by Crippen LogP contribution is 2.37. The van der Waals surface area contributed by atoms with Gasteiger partial charge >= 0.3 is 6.18 Å². The van der Waals surface area contributed by atoms with Crippen molar-refractivity contribution in [1.29, 1.82) is 5.41 Å². The molecule has 0 fully saturated rings. The molecule has 1 unspecified atom stereocenters. The monoisotopic (exact) mass is 486 g/mol. The van der Waals surface area contributed by atoms with Crippen molar-refractivity contribution in [3.8, 4) is 11.6 Å². The maximum absolute atomic E-state index is 14.0. The number of rotatable bonds is 9. The molecular formula is C25H25F3N4O3. The number of amides is 1. The van der Waals surface area contributed by atoms with Crippen molar-refractivity contribution in [2.45, 2.75) is 19.1 Å². The molecular weight excluding hydrogens is 461 g/mol. The molecule has 3 aromatic rings. The highest BCUT2D eigenvalue weighted by atomic mass is 19.4. The fourth-order valence-corrected chi connectivity index (χ4v) is 3.53. The average Bonchev–Trinajstić information content (AvgIpc) is 2.86. The van der Waals surface area contributed by atoms with Crippen LogP contribution >= 0.6 is 0 Å². The van der Waals surface area contributed by atoms with E-state index in [1.807, 2.05) is 0 Å². The van der Waals surface area contributed by atoms with Crippen molar-refractivity contribution in [3.05, 3.63) is 82.9 Å². The van der Waals surface area contributed by atoms with E-state index in [1.54, 1.807) is 61.5 Å². The Kier molecular flexibility index (Phi) is 7.95. The Morgan fingerprint density at radius 1 is 1.11 bits per heavy atom. The summed E-state index contributed by atoms with van der Waals surface area (Å²) in [7, 11) is 2.91. The molecule has 10 heteroatoms. The highest BCUT2D eigenvalue weighted by Gasteiger charge is 2.37. The predicted molar refractivity (Wildman–Crippen MR) is 126 cm³/mol. The van der Waals surface area contributed by atoms with E-state index in [0.29, 0.717) is 17.4 Å². The zero-order valence-electron chi connectivity index (χ0n) is 19.4. The second kappa shape index (κ2) is 10.9.